The first-order valence-corrected chi connectivity index (χ1v) is 22.1. The van der Waals surface area contributed by atoms with E-state index in [0.29, 0.717) is 24.7 Å². The van der Waals surface area contributed by atoms with Gasteiger partial charge in [0.1, 0.15) is 11.4 Å². The predicted octanol–water partition coefficient (Wildman–Crippen LogP) is 6.60. The van der Waals surface area contributed by atoms with E-state index in [1.165, 1.54) is 34.0 Å². The number of hydrogen-bond donors (Lipinski definition) is 0. The molecule has 0 radical (unpaired) electrons. The van der Waals surface area contributed by atoms with Crippen LogP contribution in [0.3, 0.4) is 0 Å². The Morgan fingerprint density at radius 2 is 1.36 bits per heavy atom. The summed E-state index contributed by atoms with van der Waals surface area (Å²) in [5.74, 6) is -0.110. The van der Waals surface area contributed by atoms with E-state index in [1.54, 1.807) is 11.0 Å². The lowest BCUT2D eigenvalue weighted by Gasteiger charge is -2.14. The third kappa shape index (κ3) is 7.38. The van der Waals surface area contributed by atoms with Gasteiger partial charge in [-0.2, -0.15) is 24.9 Å². The molecule has 0 atom stereocenters. The monoisotopic (exact) mass is 602 g/mol. The number of Topliss-reactive ketones (excluding diaryl/α,β-unsaturated/α-hetero) is 1. The SMILES string of the molecule is CC(=O)c1nn(COCC[Si](C)(C)C)nc1-c1ccc2c(c1)Cc1cc(-c3cnn(COCC[Si](C)(C)C)n3)ccc1-2. The molecular weight excluding hydrogens is 561 g/mol. The molecule has 0 spiro atoms. The number of nitrogens with zero attached hydrogens (tertiary/aromatic N) is 6. The fourth-order valence-corrected chi connectivity index (χ4v) is 6.41. The number of benzene rings is 2. The quantitative estimate of drug-likeness (QED) is 0.0851. The van der Waals surface area contributed by atoms with Gasteiger partial charge in [0, 0.05) is 47.4 Å². The van der Waals surface area contributed by atoms with Crippen LogP contribution in [-0.4, -0.2) is 65.1 Å². The summed E-state index contributed by atoms with van der Waals surface area (Å²) in [5.41, 5.74) is 8.58. The number of ether oxygens (including phenoxy) is 2. The van der Waals surface area contributed by atoms with Crippen LogP contribution in [0.4, 0.5) is 0 Å². The number of hydrogen-bond acceptors (Lipinski definition) is 7. The van der Waals surface area contributed by atoms with Crippen molar-refractivity contribution >= 4 is 21.9 Å². The van der Waals surface area contributed by atoms with Crippen molar-refractivity contribution in [2.75, 3.05) is 13.2 Å². The van der Waals surface area contributed by atoms with Crippen LogP contribution in [0.25, 0.3) is 33.6 Å². The Balaban J connectivity index is 1.28. The van der Waals surface area contributed by atoms with Gasteiger partial charge < -0.3 is 9.47 Å². The highest BCUT2D eigenvalue weighted by molar-refractivity contribution is 6.76. The van der Waals surface area contributed by atoms with Crippen molar-refractivity contribution in [2.24, 2.45) is 0 Å². The maximum Gasteiger partial charge on any atom is 0.182 e. The molecule has 11 heteroatoms. The van der Waals surface area contributed by atoms with E-state index < -0.39 is 16.1 Å². The number of aromatic nitrogens is 6. The molecule has 5 rings (SSSR count). The third-order valence-corrected chi connectivity index (χ3v) is 10.8. The zero-order chi connectivity index (χ0) is 30.1. The van der Waals surface area contributed by atoms with Crippen molar-refractivity contribution in [3.05, 3.63) is 59.4 Å². The molecule has 2 aromatic heterocycles. The molecule has 0 aliphatic heterocycles. The van der Waals surface area contributed by atoms with Crippen LogP contribution < -0.4 is 0 Å². The zero-order valence-corrected chi connectivity index (χ0v) is 27.9. The molecule has 0 unspecified atom stereocenters. The van der Waals surface area contributed by atoms with Gasteiger partial charge in [-0.1, -0.05) is 63.5 Å². The van der Waals surface area contributed by atoms with Crippen LogP contribution in [0, 0.1) is 0 Å². The van der Waals surface area contributed by atoms with Crippen molar-refractivity contribution in [3.8, 4) is 33.6 Å². The maximum atomic E-state index is 12.4. The van der Waals surface area contributed by atoms with E-state index in [2.05, 4.69) is 90.0 Å². The van der Waals surface area contributed by atoms with Crippen molar-refractivity contribution in [3.63, 3.8) is 0 Å². The lowest BCUT2D eigenvalue weighted by molar-refractivity contribution is 0.0682. The standard InChI is InChI=1S/C31H42N6O3Si2/c1-22(38)30-31(35-37(34-30)21-40-13-15-42(5,6)7)24-9-11-28-26(17-24)18-25-16-23(8-10-27(25)28)29-19-32-36(33-29)20-39-12-14-41(2,3)4/h8-11,16-17,19H,12-15,18,20-21H2,1-7H3. The summed E-state index contributed by atoms with van der Waals surface area (Å²) in [6.45, 7) is 17.5. The van der Waals surface area contributed by atoms with Crippen molar-refractivity contribution in [1.82, 2.24) is 30.0 Å². The van der Waals surface area contributed by atoms with E-state index in [0.717, 1.165) is 41.9 Å². The smallest absolute Gasteiger partial charge is 0.182 e. The van der Waals surface area contributed by atoms with Crippen molar-refractivity contribution in [2.45, 2.75) is 78.2 Å². The molecule has 0 fully saturated rings. The Hall–Kier alpha value is -3.26. The average Bonchev–Trinajstić information content (AvgIpc) is 3.64. The van der Waals surface area contributed by atoms with Gasteiger partial charge in [0.2, 0.25) is 0 Å². The Morgan fingerprint density at radius 1 is 0.786 bits per heavy atom. The minimum absolute atomic E-state index is 0.110. The first kappa shape index (κ1) is 30.2. The van der Waals surface area contributed by atoms with Gasteiger partial charge in [0.25, 0.3) is 0 Å². The van der Waals surface area contributed by atoms with Gasteiger partial charge in [-0.3, -0.25) is 4.79 Å². The number of ketones is 1. The summed E-state index contributed by atoms with van der Waals surface area (Å²) in [6.07, 6.45) is 2.59. The van der Waals surface area contributed by atoms with Crippen LogP contribution in [-0.2, 0) is 29.4 Å². The summed E-state index contributed by atoms with van der Waals surface area (Å²) in [4.78, 5) is 15.6. The summed E-state index contributed by atoms with van der Waals surface area (Å²) < 4.78 is 11.6. The Labute approximate surface area is 250 Å². The fraction of sp³-hybridized carbons (Fsp3) is 0.452. The molecule has 1 aliphatic rings. The van der Waals surface area contributed by atoms with Crippen LogP contribution >= 0.6 is 0 Å². The Kier molecular flexibility index (Phi) is 8.74. The van der Waals surface area contributed by atoms with E-state index in [-0.39, 0.29) is 12.5 Å². The van der Waals surface area contributed by atoms with Crippen molar-refractivity contribution < 1.29 is 14.3 Å². The second-order valence-electron chi connectivity index (χ2n) is 13.5. The molecule has 0 saturated carbocycles. The molecule has 2 aromatic carbocycles. The summed E-state index contributed by atoms with van der Waals surface area (Å²) in [6, 6.07) is 14.9. The highest BCUT2D eigenvalue weighted by Crippen LogP contribution is 2.40. The summed E-state index contributed by atoms with van der Waals surface area (Å²) >= 11 is 0. The first-order chi connectivity index (χ1) is 19.9. The largest absolute Gasteiger partial charge is 0.358 e. The lowest BCUT2D eigenvalue weighted by Crippen LogP contribution is -2.22. The molecular formula is C31H42N6O3Si2. The van der Waals surface area contributed by atoms with Crippen molar-refractivity contribution in [1.29, 1.82) is 0 Å². The van der Waals surface area contributed by atoms with Crippen LogP contribution in [0.5, 0.6) is 0 Å². The molecule has 4 aromatic rings. The highest BCUT2D eigenvalue weighted by atomic mass is 28.3. The van der Waals surface area contributed by atoms with Gasteiger partial charge in [-0.05, 0) is 52.9 Å². The third-order valence-electron chi connectivity index (χ3n) is 7.38. The Bertz CT molecular complexity index is 1580. The average molecular weight is 603 g/mol. The van der Waals surface area contributed by atoms with Gasteiger partial charge in [0.15, 0.2) is 24.9 Å². The second-order valence-corrected chi connectivity index (χ2v) is 24.8. The van der Waals surface area contributed by atoms with Gasteiger partial charge in [0.05, 0.1) is 6.20 Å². The number of carbonyl (C=O) groups excluding carboxylic acids is 1. The minimum Gasteiger partial charge on any atom is -0.358 e. The topological polar surface area (TPSA) is 97.0 Å². The lowest BCUT2D eigenvalue weighted by atomic mass is 10.00. The van der Waals surface area contributed by atoms with E-state index in [9.17, 15) is 4.79 Å². The molecule has 222 valence electrons. The van der Waals surface area contributed by atoms with Crippen LogP contribution in [0.2, 0.25) is 51.4 Å². The van der Waals surface area contributed by atoms with Gasteiger partial charge in [-0.25, -0.2) is 0 Å². The van der Waals surface area contributed by atoms with Crippen LogP contribution in [0.15, 0.2) is 42.6 Å². The van der Waals surface area contributed by atoms with Gasteiger partial charge in [-0.15, -0.1) is 5.10 Å². The highest BCUT2D eigenvalue weighted by Gasteiger charge is 2.23. The molecule has 0 N–H and O–H groups in total. The Morgan fingerprint density at radius 3 is 1.95 bits per heavy atom. The molecule has 42 heavy (non-hydrogen) atoms. The van der Waals surface area contributed by atoms with E-state index in [1.807, 2.05) is 6.07 Å². The predicted molar refractivity (Wildman–Crippen MR) is 171 cm³/mol. The number of rotatable bonds is 13. The molecule has 0 bridgehead atoms. The molecule has 2 heterocycles. The van der Waals surface area contributed by atoms with Gasteiger partial charge >= 0.3 is 0 Å². The van der Waals surface area contributed by atoms with E-state index in [4.69, 9.17) is 9.47 Å². The molecule has 0 amide bonds. The van der Waals surface area contributed by atoms with Crippen LogP contribution in [0.1, 0.15) is 28.5 Å². The summed E-state index contributed by atoms with van der Waals surface area (Å²) in [5, 5.41) is 18.2. The normalized spacial score (nSPS) is 12.9. The number of fused-ring (bicyclic) bond motifs is 3. The molecule has 0 saturated heterocycles. The van der Waals surface area contributed by atoms with E-state index >= 15 is 0 Å². The number of carbonyl (C=O) groups is 1. The first-order valence-electron chi connectivity index (χ1n) is 14.6. The zero-order valence-electron chi connectivity index (χ0n) is 25.9. The second kappa shape index (κ2) is 12.2. The summed E-state index contributed by atoms with van der Waals surface area (Å²) in [7, 11) is -2.31. The maximum absolute atomic E-state index is 12.4. The fourth-order valence-electron chi connectivity index (χ4n) is 4.90. The minimum atomic E-state index is -1.18. The molecule has 9 nitrogen and oxygen atoms in total. The molecule has 1 aliphatic carbocycles.